The van der Waals surface area contributed by atoms with E-state index in [9.17, 15) is 22.0 Å². The largest absolute Gasteiger partial charge is 0.348 e. The van der Waals surface area contributed by atoms with Gasteiger partial charge in [0.05, 0.1) is 11.2 Å². The summed E-state index contributed by atoms with van der Waals surface area (Å²) in [5.41, 5.74) is 2.11. The molecule has 0 spiro atoms. The summed E-state index contributed by atoms with van der Waals surface area (Å²) in [5.74, 6) is -3.93. The Labute approximate surface area is 160 Å². The van der Waals surface area contributed by atoms with E-state index < -0.39 is 26.4 Å². The molecule has 6 nitrogen and oxygen atoms in total. The third-order valence-electron chi connectivity index (χ3n) is 4.15. The second-order valence-corrected chi connectivity index (χ2v) is 7.93. The van der Waals surface area contributed by atoms with Crippen LogP contribution in [0.4, 0.5) is 8.78 Å². The van der Waals surface area contributed by atoms with Crippen molar-refractivity contribution in [2.24, 2.45) is 0 Å². The van der Waals surface area contributed by atoms with Gasteiger partial charge in [0, 0.05) is 31.0 Å². The van der Waals surface area contributed by atoms with Gasteiger partial charge in [-0.3, -0.25) is 4.79 Å². The number of rotatable bonds is 7. The van der Waals surface area contributed by atoms with E-state index in [1.165, 1.54) is 12.1 Å². The lowest BCUT2D eigenvalue weighted by Gasteiger charge is -2.11. The molecule has 3 rings (SSSR count). The van der Waals surface area contributed by atoms with Gasteiger partial charge in [-0.05, 0) is 35.4 Å². The molecule has 0 aliphatic carbocycles. The van der Waals surface area contributed by atoms with Crippen LogP contribution >= 0.6 is 0 Å². The molecule has 0 radical (unpaired) electrons. The first-order chi connectivity index (χ1) is 13.4. The van der Waals surface area contributed by atoms with E-state index in [1.54, 1.807) is 12.5 Å². The van der Waals surface area contributed by atoms with E-state index in [2.05, 4.69) is 10.3 Å². The molecule has 1 amide bonds. The topological polar surface area (TPSA) is 81.1 Å². The molecule has 146 valence electrons. The van der Waals surface area contributed by atoms with Crippen LogP contribution in [0.15, 0.2) is 72.1 Å². The molecule has 0 unspecified atom stereocenters. The average Bonchev–Trinajstić information content (AvgIpc) is 3.20. The Balaban J connectivity index is 1.68. The minimum atomic E-state index is -4.68. The number of imidazole rings is 1. The standard InChI is InChI=1S/C19H17F2N3O3S/c20-19(21)28(26,27)17-7-5-14(6-8-17)18(25)23-11-15-3-1-2-4-16(15)12-24-10-9-22-13-24/h1-10,13,19H,11-12H2,(H,23,25). The van der Waals surface area contributed by atoms with Crippen molar-refractivity contribution in [2.45, 2.75) is 23.7 Å². The number of carbonyl (C=O) groups is 1. The first-order valence-corrected chi connectivity index (χ1v) is 9.85. The van der Waals surface area contributed by atoms with Gasteiger partial charge < -0.3 is 9.88 Å². The van der Waals surface area contributed by atoms with Crippen molar-refractivity contribution in [1.82, 2.24) is 14.9 Å². The van der Waals surface area contributed by atoms with E-state index in [-0.39, 0.29) is 12.1 Å². The van der Waals surface area contributed by atoms with Crippen LogP contribution in [0.3, 0.4) is 0 Å². The second-order valence-electron chi connectivity index (χ2n) is 6.02. The van der Waals surface area contributed by atoms with E-state index in [0.717, 1.165) is 23.3 Å². The van der Waals surface area contributed by atoms with E-state index >= 15 is 0 Å². The maximum atomic E-state index is 12.6. The van der Waals surface area contributed by atoms with Crippen LogP contribution in [0.25, 0.3) is 0 Å². The maximum Gasteiger partial charge on any atom is 0.341 e. The Kier molecular flexibility index (Phi) is 5.84. The van der Waals surface area contributed by atoms with Crippen molar-refractivity contribution in [1.29, 1.82) is 0 Å². The molecule has 0 saturated heterocycles. The minimum absolute atomic E-state index is 0.181. The number of sulfone groups is 1. The zero-order chi connectivity index (χ0) is 20.1. The summed E-state index contributed by atoms with van der Waals surface area (Å²) in [6.07, 6.45) is 5.22. The monoisotopic (exact) mass is 405 g/mol. The Morgan fingerprint density at radius 3 is 2.36 bits per heavy atom. The smallest absolute Gasteiger partial charge is 0.341 e. The van der Waals surface area contributed by atoms with Gasteiger partial charge in [-0.1, -0.05) is 24.3 Å². The van der Waals surface area contributed by atoms with Gasteiger partial charge >= 0.3 is 5.76 Å². The summed E-state index contributed by atoms with van der Waals surface area (Å²) in [5, 5.41) is 2.75. The second kappa shape index (κ2) is 8.30. The number of hydrogen-bond donors (Lipinski definition) is 1. The highest BCUT2D eigenvalue weighted by molar-refractivity contribution is 7.91. The molecule has 0 bridgehead atoms. The van der Waals surface area contributed by atoms with Crippen LogP contribution in [0.1, 0.15) is 21.5 Å². The molecule has 0 aliphatic rings. The molecule has 28 heavy (non-hydrogen) atoms. The van der Waals surface area contributed by atoms with Crippen LogP contribution in [0.2, 0.25) is 0 Å². The van der Waals surface area contributed by atoms with Crippen molar-refractivity contribution < 1.29 is 22.0 Å². The van der Waals surface area contributed by atoms with Crippen LogP contribution in [0.5, 0.6) is 0 Å². The predicted molar refractivity (Wildman–Crippen MR) is 98.6 cm³/mol. The molecule has 0 atom stereocenters. The fraction of sp³-hybridized carbons (Fsp3) is 0.158. The first-order valence-electron chi connectivity index (χ1n) is 8.31. The number of nitrogens with one attached hydrogen (secondary N) is 1. The Bertz CT molecular complexity index is 1050. The zero-order valence-electron chi connectivity index (χ0n) is 14.6. The van der Waals surface area contributed by atoms with Crippen molar-refractivity contribution in [3.8, 4) is 0 Å². The third kappa shape index (κ3) is 4.42. The summed E-state index contributed by atoms with van der Waals surface area (Å²) in [6, 6.07) is 12.0. The molecule has 0 saturated carbocycles. The van der Waals surface area contributed by atoms with Crippen molar-refractivity contribution in [3.05, 3.63) is 83.9 Å². The van der Waals surface area contributed by atoms with Crippen LogP contribution in [0, 0.1) is 0 Å². The minimum Gasteiger partial charge on any atom is -0.348 e. The zero-order valence-corrected chi connectivity index (χ0v) is 15.4. The third-order valence-corrected chi connectivity index (χ3v) is 5.55. The number of halogens is 2. The molecule has 1 heterocycles. The Morgan fingerprint density at radius 1 is 1.07 bits per heavy atom. The lowest BCUT2D eigenvalue weighted by molar-refractivity contribution is 0.0950. The predicted octanol–water partition coefficient (Wildman–Crippen LogP) is 2.86. The number of benzene rings is 2. The molecular formula is C19H17F2N3O3S. The SMILES string of the molecule is O=C(NCc1ccccc1Cn1ccnc1)c1ccc(S(=O)(=O)C(F)F)cc1. The number of nitrogens with zero attached hydrogens (tertiary/aromatic N) is 2. The highest BCUT2D eigenvalue weighted by atomic mass is 32.2. The summed E-state index contributed by atoms with van der Waals surface area (Å²) in [6.45, 7) is 0.868. The summed E-state index contributed by atoms with van der Waals surface area (Å²) in [7, 11) is -4.68. The number of carbonyl (C=O) groups excluding carboxylic acids is 1. The average molecular weight is 405 g/mol. The molecule has 0 fully saturated rings. The van der Waals surface area contributed by atoms with Gasteiger partial charge in [-0.25, -0.2) is 13.4 Å². The van der Waals surface area contributed by atoms with Crippen LogP contribution in [-0.2, 0) is 22.9 Å². The molecule has 9 heteroatoms. The van der Waals surface area contributed by atoms with Crippen molar-refractivity contribution in [2.75, 3.05) is 0 Å². The van der Waals surface area contributed by atoms with Crippen LogP contribution < -0.4 is 5.32 Å². The van der Waals surface area contributed by atoms with E-state index in [4.69, 9.17) is 0 Å². The van der Waals surface area contributed by atoms with Gasteiger partial charge in [0.2, 0.25) is 9.84 Å². The molecular weight excluding hydrogens is 388 g/mol. The van der Waals surface area contributed by atoms with Gasteiger partial charge in [0.25, 0.3) is 5.91 Å². The highest BCUT2D eigenvalue weighted by Crippen LogP contribution is 2.18. The summed E-state index contributed by atoms with van der Waals surface area (Å²) in [4.78, 5) is 15.8. The Hall–Kier alpha value is -3.07. The lowest BCUT2D eigenvalue weighted by Crippen LogP contribution is -2.23. The maximum absolute atomic E-state index is 12.6. The normalized spacial score (nSPS) is 11.5. The van der Waals surface area contributed by atoms with Crippen molar-refractivity contribution in [3.63, 3.8) is 0 Å². The number of alkyl halides is 2. The van der Waals surface area contributed by atoms with Gasteiger partial charge in [-0.15, -0.1) is 0 Å². The molecule has 1 aromatic heterocycles. The van der Waals surface area contributed by atoms with Crippen LogP contribution in [-0.4, -0.2) is 29.6 Å². The molecule has 2 aromatic carbocycles. The lowest BCUT2D eigenvalue weighted by atomic mass is 10.1. The van der Waals surface area contributed by atoms with Gasteiger partial charge in [0.15, 0.2) is 0 Å². The van der Waals surface area contributed by atoms with Gasteiger partial charge in [0.1, 0.15) is 0 Å². The Morgan fingerprint density at radius 2 is 1.75 bits per heavy atom. The fourth-order valence-electron chi connectivity index (χ4n) is 2.64. The quantitative estimate of drug-likeness (QED) is 0.655. The highest BCUT2D eigenvalue weighted by Gasteiger charge is 2.26. The fourth-order valence-corrected chi connectivity index (χ4v) is 3.36. The number of amides is 1. The first kappa shape index (κ1) is 19.7. The number of aromatic nitrogens is 2. The molecule has 0 aliphatic heterocycles. The van der Waals surface area contributed by atoms with E-state index in [0.29, 0.717) is 6.54 Å². The molecule has 3 aromatic rings. The summed E-state index contributed by atoms with van der Waals surface area (Å²) < 4.78 is 49.9. The molecule has 1 N–H and O–H groups in total. The van der Waals surface area contributed by atoms with E-state index in [1.807, 2.05) is 35.0 Å². The van der Waals surface area contributed by atoms with Crippen molar-refractivity contribution >= 4 is 15.7 Å². The summed E-state index contributed by atoms with van der Waals surface area (Å²) >= 11 is 0. The number of hydrogen-bond acceptors (Lipinski definition) is 4. The van der Waals surface area contributed by atoms with Gasteiger partial charge in [-0.2, -0.15) is 8.78 Å².